The molecule has 0 bridgehead atoms. The van der Waals surface area contributed by atoms with Crippen molar-refractivity contribution in [2.75, 3.05) is 13.7 Å². The maximum Gasteiger partial charge on any atom is 0.336 e. The highest BCUT2D eigenvalue weighted by molar-refractivity contribution is 6.00. The van der Waals surface area contributed by atoms with Crippen LogP contribution in [0.15, 0.2) is 46.7 Å². The number of para-hydroxylation sites is 1. The van der Waals surface area contributed by atoms with Crippen molar-refractivity contribution in [2.45, 2.75) is 33.6 Å². The molecular formula is C20H24N2O6. The van der Waals surface area contributed by atoms with Crippen molar-refractivity contribution in [2.24, 2.45) is 5.92 Å². The first-order valence-corrected chi connectivity index (χ1v) is 8.53. The van der Waals surface area contributed by atoms with E-state index < -0.39 is 58.2 Å². The smallest absolute Gasteiger partial charge is 0.336 e. The summed E-state index contributed by atoms with van der Waals surface area (Å²) in [4.78, 5) is 36.6. The largest absolute Gasteiger partial charge is 0.466 e. The van der Waals surface area contributed by atoms with Gasteiger partial charge < -0.3 is 14.8 Å². The minimum Gasteiger partial charge on any atom is -0.466 e. The van der Waals surface area contributed by atoms with Crippen LogP contribution in [0.5, 0.6) is 0 Å². The van der Waals surface area contributed by atoms with Gasteiger partial charge in [-0.3, -0.25) is 10.1 Å². The Morgan fingerprint density at radius 1 is 1.21 bits per heavy atom. The van der Waals surface area contributed by atoms with Gasteiger partial charge >= 0.3 is 11.9 Å². The molecule has 1 N–H and O–H groups in total. The van der Waals surface area contributed by atoms with Crippen LogP contribution in [0.25, 0.3) is 0 Å². The van der Waals surface area contributed by atoms with Crippen LogP contribution in [0.4, 0.5) is 5.69 Å². The number of nitrogens with one attached hydrogen (secondary N) is 1. The van der Waals surface area contributed by atoms with E-state index in [2.05, 4.69) is 5.32 Å². The van der Waals surface area contributed by atoms with Crippen molar-refractivity contribution in [3.8, 4) is 0 Å². The fourth-order valence-electron chi connectivity index (χ4n) is 2.92. The molecule has 1 unspecified atom stereocenters. The zero-order valence-electron chi connectivity index (χ0n) is 20.3. The molecule has 150 valence electrons. The van der Waals surface area contributed by atoms with Gasteiger partial charge in [0.2, 0.25) is 0 Å². The molecule has 0 aromatic heterocycles. The number of nitrogens with zero attached hydrogens (tertiary/aromatic N) is 1. The van der Waals surface area contributed by atoms with E-state index in [0.29, 0.717) is 0 Å². The number of rotatable bonds is 6. The number of carbonyl (C=O) groups excluding carboxylic acids is 2. The van der Waals surface area contributed by atoms with Crippen molar-refractivity contribution in [3.63, 3.8) is 0 Å². The first-order valence-electron chi connectivity index (χ1n) is 10.5. The van der Waals surface area contributed by atoms with Gasteiger partial charge in [0, 0.05) is 23.0 Å². The van der Waals surface area contributed by atoms with Crippen molar-refractivity contribution < 1.29 is 29.5 Å². The van der Waals surface area contributed by atoms with Crippen LogP contribution < -0.4 is 5.32 Å². The summed E-state index contributed by atoms with van der Waals surface area (Å²) >= 11 is 0. The number of nitro groups is 1. The monoisotopic (exact) mass is 392 g/mol. The molecule has 2 rings (SSSR count). The Bertz CT molecular complexity index is 1060. The molecule has 1 atom stereocenters. The van der Waals surface area contributed by atoms with Gasteiger partial charge in [-0.25, -0.2) is 9.59 Å². The number of methoxy groups -OCH3 is 1. The molecular weight excluding hydrogens is 364 g/mol. The van der Waals surface area contributed by atoms with Gasteiger partial charge in [0.05, 0.1) is 41.2 Å². The predicted octanol–water partition coefficient (Wildman–Crippen LogP) is 3.20. The molecule has 0 aliphatic carbocycles. The van der Waals surface area contributed by atoms with E-state index in [0.717, 1.165) is 7.11 Å². The number of carbonyl (C=O) groups is 2. The zero-order chi connectivity index (χ0) is 24.5. The number of hydrogen-bond acceptors (Lipinski definition) is 7. The van der Waals surface area contributed by atoms with E-state index in [9.17, 15) is 19.7 Å². The van der Waals surface area contributed by atoms with Crippen LogP contribution in [0.3, 0.4) is 0 Å². The van der Waals surface area contributed by atoms with Gasteiger partial charge in [0.15, 0.2) is 0 Å². The average Bonchev–Trinajstić information content (AvgIpc) is 2.71. The van der Waals surface area contributed by atoms with Crippen LogP contribution >= 0.6 is 0 Å². The maximum atomic E-state index is 13.0. The number of nitro benzene ring substituents is 1. The summed E-state index contributed by atoms with van der Waals surface area (Å²) in [5, 5.41) is 14.7. The van der Waals surface area contributed by atoms with Gasteiger partial charge in [-0.15, -0.1) is 0 Å². The first kappa shape index (κ1) is 15.9. The molecule has 1 aromatic carbocycles. The van der Waals surface area contributed by atoms with Gasteiger partial charge in [-0.1, -0.05) is 32.0 Å². The number of esters is 2. The van der Waals surface area contributed by atoms with Crippen molar-refractivity contribution in [1.29, 1.82) is 0 Å². The molecule has 0 radical (unpaired) electrons. The number of hydrogen-bond donors (Lipinski definition) is 1. The Hall–Kier alpha value is -3.16. The van der Waals surface area contributed by atoms with Crippen molar-refractivity contribution in [3.05, 3.63) is 62.4 Å². The number of benzene rings is 1. The highest BCUT2D eigenvalue weighted by Crippen LogP contribution is 2.42. The quantitative estimate of drug-likeness (QED) is 0.450. The first-order chi connectivity index (χ1) is 14.8. The molecule has 1 aliphatic rings. The van der Waals surface area contributed by atoms with Crippen LogP contribution in [0.2, 0.25) is 0 Å². The van der Waals surface area contributed by atoms with E-state index in [4.69, 9.17) is 15.0 Å². The van der Waals surface area contributed by atoms with Gasteiger partial charge in [-0.2, -0.15) is 0 Å². The zero-order valence-corrected chi connectivity index (χ0v) is 16.3. The molecule has 28 heavy (non-hydrogen) atoms. The Kier molecular flexibility index (Phi) is 4.92. The van der Waals surface area contributed by atoms with Crippen molar-refractivity contribution >= 4 is 17.6 Å². The standard InChI is InChI=1S/C20H24N2O6/c1-11(2)10-28-20(24)17-13(4)21-12(3)16(19(23)27-5)18(17)14-8-6-7-9-15(14)22(25)26/h6-9,11,18,21H,10H2,1-5H3/i6D,7D,8D,9D. The summed E-state index contributed by atoms with van der Waals surface area (Å²) in [6.07, 6.45) is 0. The molecule has 1 aromatic rings. The van der Waals surface area contributed by atoms with E-state index in [1.54, 1.807) is 0 Å². The van der Waals surface area contributed by atoms with Crippen molar-refractivity contribution in [1.82, 2.24) is 5.32 Å². The molecule has 1 aliphatic heterocycles. The minimum atomic E-state index is -1.51. The summed E-state index contributed by atoms with van der Waals surface area (Å²) in [7, 11) is 1.09. The maximum absolute atomic E-state index is 13.0. The average molecular weight is 392 g/mol. The summed E-state index contributed by atoms with van der Waals surface area (Å²) in [6.45, 7) is 6.67. The minimum absolute atomic E-state index is 0.0180. The molecule has 0 saturated carbocycles. The molecule has 0 fully saturated rings. The van der Waals surface area contributed by atoms with Gasteiger partial charge in [0.1, 0.15) is 0 Å². The Labute approximate surface area is 169 Å². The lowest BCUT2D eigenvalue weighted by molar-refractivity contribution is -0.385. The van der Waals surface area contributed by atoms with Gasteiger partial charge in [-0.05, 0) is 19.8 Å². The lowest BCUT2D eigenvalue weighted by atomic mass is 9.79. The fraction of sp³-hybridized carbons (Fsp3) is 0.400. The van der Waals surface area contributed by atoms with E-state index in [1.807, 2.05) is 13.8 Å². The fourth-order valence-corrected chi connectivity index (χ4v) is 2.92. The summed E-state index contributed by atoms with van der Waals surface area (Å²) in [6, 6.07) is -3.16. The lowest BCUT2D eigenvalue weighted by Gasteiger charge is -2.30. The molecule has 8 nitrogen and oxygen atoms in total. The number of allylic oxidation sites excluding steroid dienone is 2. The Morgan fingerprint density at radius 2 is 1.79 bits per heavy atom. The number of ether oxygens (including phenoxy) is 2. The highest BCUT2D eigenvalue weighted by Gasteiger charge is 2.40. The number of dihydropyridines is 1. The molecule has 8 heteroatoms. The third kappa shape index (κ3) is 4.21. The van der Waals surface area contributed by atoms with Crippen LogP contribution in [-0.2, 0) is 19.1 Å². The molecule has 1 heterocycles. The second-order valence-electron chi connectivity index (χ2n) is 6.64. The SMILES string of the molecule is [2H]c1c([2H])c([2H])c([N+](=O)[O-])c(C2C(C(=O)OC)=C(C)NC(C)=C2C(=O)OCC(C)C)c1[2H]. The predicted molar refractivity (Wildman–Crippen MR) is 102 cm³/mol. The summed E-state index contributed by atoms with van der Waals surface area (Å²) in [5.41, 5.74) is -1.36. The molecule has 0 spiro atoms. The second kappa shape index (κ2) is 8.69. The third-order valence-corrected chi connectivity index (χ3v) is 4.10. The van der Waals surface area contributed by atoms with Crippen LogP contribution in [-0.4, -0.2) is 30.6 Å². The lowest BCUT2D eigenvalue weighted by Crippen LogP contribution is -2.32. The molecule has 0 amide bonds. The van der Waals surface area contributed by atoms with E-state index >= 15 is 0 Å². The summed E-state index contributed by atoms with van der Waals surface area (Å²) in [5.74, 6) is -3.31. The normalized spacial score (nSPS) is 18.7. The van der Waals surface area contributed by atoms with Gasteiger partial charge in [0.25, 0.3) is 5.69 Å². The Balaban J connectivity index is 2.95. The molecule has 0 saturated heterocycles. The van der Waals surface area contributed by atoms with E-state index in [-0.39, 0.29) is 35.1 Å². The van der Waals surface area contributed by atoms with E-state index in [1.165, 1.54) is 13.8 Å². The second-order valence-corrected chi connectivity index (χ2v) is 6.64. The highest BCUT2D eigenvalue weighted by atomic mass is 16.6. The Morgan fingerprint density at radius 3 is 2.32 bits per heavy atom. The topological polar surface area (TPSA) is 108 Å². The van der Waals surface area contributed by atoms with Crippen LogP contribution in [0.1, 0.15) is 44.7 Å². The summed E-state index contributed by atoms with van der Waals surface area (Å²) < 4.78 is 42.4. The van der Waals surface area contributed by atoms with Crippen LogP contribution in [0, 0.1) is 16.0 Å². The third-order valence-electron chi connectivity index (χ3n) is 4.10.